The Morgan fingerprint density at radius 2 is 1.88 bits per heavy atom. The van der Waals surface area contributed by atoms with Crippen LogP contribution in [0.3, 0.4) is 0 Å². The van der Waals surface area contributed by atoms with E-state index in [1.54, 1.807) is 30.5 Å². The van der Waals surface area contributed by atoms with Gasteiger partial charge in [-0.15, -0.1) is 0 Å². The molecule has 1 amide bonds. The van der Waals surface area contributed by atoms with Gasteiger partial charge >= 0.3 is 0 Å². The molecule has 0 fully saturated rings. The lowest BCUT2D eigenvalue weighted by atomic mass is 10.1. The van der Waals surface area contributed by atoms with Crippen LogP contribution in [0, 0.1) is 0 Å². The van der Waals surface area contributed by atoms with Crippen molar-refractivity contribution in [3.63, 3.8) is 0 Å². The highest BCUT2D eigenvalue weighted by Crippen LogP contribution is 2.10. The number of pyridine rings is 1. The normalized spacial score (nSPS) is 11.1. The number of carbonyl (C=O) groups is 1. The van der Waals surface area contributed by atoms with Gasteiger partial charge in [-0.1, -0.05) is 19.1 Å². The van der Waals surface area contributed by atoms with Crippen LogP contribution in [-0.4, -0.2) is 32.4 Å². The van der Waals surface area contributed by atoms with E-state index in [4.69, 9.17) is 5.14 Å². The number of aromatic nitrogens is 1. The number of hydrogen-bond acceptors (Lipinski definition) is 5. The zero-order valence-electron chi connectivity index (χ0n) is 14.0. The lowest BCUT2D eigenvalue weighted by Gasteiger charge is -2.08. The molecule has 0 aliphatic carbocycles. The molecule has 0 aliphatic heterocycles. The Labute approximate surface area is 147 Å². The van der Waals surface area contributed by atoms with Crippen molar-refractivity contribution in [2.75, 3.05) is 18.4 Å². The summed E-state index contributed by atoms with van der Waals surface area (Å²) in [5.41, 5.74) is 1.45. The molecule has 0 atom stereocenters. The second-order valence-electron chi connectivity index (χ2n) is 5.55. The van der Waals surface area contributed by atoms with Crippen LogP contribution >= 0.6 is 0 Å². The van der Waals surface area contributed by atoms with E-state index in [0.29, 0.717) is 24.3 Å². The van der Waals surface area contributed by atoms with Crippen LogP contribution in [-0.2, 0) is 16.4 Å². The number of carbonyl (C=O) groups excluding carboxylic acids is 1. The van der Waals surface area contributed by atoms with E-state index < -0.39 is 10.0 Å². The molecule has 0 saturated carbocycles. The minimum atomic E-state index is -3.68. The SMILES string of the molecule is CCCNc1cc(C(=O)NCCc2ccc(S(N)(=O)=O)cc2)ccn1. The number of primary sulfonamides is 1. The Balaban J connectivity index is 1.88. The van der Waals surface area contributed by atoms with Crippen molar-refractivity contribution in [1.29, 1.82) is 0 Å². The first-order valence-corrected chi connectivity index (χ1v) is 9.54. The minimum absolute atomic E-state index is 0.0733. The predicted molar refractivity (Wildman–Crippen MR) is 96.9 cm³/mol. The van der Waals surface area contributed by atoms with Crippen molar-refractivity contribution in [3.05, 3.63) is 53.7 Å². The Bertz CT molecular complexity index is 820. The molecule has 0 radical (unpaired) electrons. The molecule has 0 saturated heterocycles. The van der Waals surface area contributed by atoms with E-state index in [9.17, 15) is 13.2 Å². The summed E-state index contributed by atoms with van der Waals surface area (Å²) in [5, 5.41) is 11.0. The summed E-state index contributed by atoms with van der Waals surface area (Å²) in [6.45, 7) is 3.29. The maximum absolute atomic E-state index is 12.2. The molecule has 0 bridgehead atoms. The number of nitrogens with two attached hydrogens (primary N) is 1. The molecule has 1 heterocycles. The molecule has 2 rings (SSSR count). The van der Waals surface area contributed by atoms with E-state index >= 15 is 0 Å². The van der Waals surface area contributed by atoms with E-state index in [0.717, 1.165) is 18.5 Å². The van der Waals surface area contributed by atoms with Crippen molar-refractivity contribution in [2.45, 2.75) is 24.7 Å². The highest BCUT2D eigenvalue weighted by Gasteiger charge is 2.08. The molecule has 0 unspecified atom stereocenters. The van der Waals surface area contributed by atoms with Gasteiger partial charge in [-0.3, -0.25) is 4.79 Å². The largest absolute Gasteiger partial charge is 0.370 e. The molecule has 4 N–H and O–H groups in total. The minimum Gasteiger partial charge on any atom is -0.370 e. The van der Waals surface area contributed by atoms with Crippen LogP contribution in [0.4, 0.5) is 5.82 Å². The summed E-state index contributed by atoms with van der Waals surface area (Å²) in [6, 6.07) is 9.66. The molecule has 1 aromatic carbocycles. The predicted octanol–water partition coefficient (Wildman–Crippen LogP) is 1.52. The van der Waals surface area contributed by atoms with Gasteiger partial charge in [-0.25, -0.2) is 18.5 Å². The summed E-state index contributed by atoms with van der Waals surface area (Å²) in [4.78, 5) is 16.4. The second kappa shape index (κ2) is 8.59. The maximum Gasteiger partial charge on any atom is 0.251 e. The number of nitrogens with zero attached hydrogens (tertiary/aromatic N) is 1. The summed E-state index contributed by atoms with van der Waals surface area (Å²) < 4.78 is 22.4. The van der Waals surface area contributed by atoms with Gasteiger partial charge in [-0.2, -0.15) is 0 Å². The van der Waals surface area contributed by atoms with Gasteiger partial charge in [0.15, 0.2) is 0 Å². The number of amides is 1. The average Bonchev–Trinajstić information content (AvgIpc) is 2.60. The fourth-order valence-corrected chi connectivity index (χ4v) is 2.71. The van der Waals surface area contributed by atoms with E-state index in [1.165, 1.54) is 12.1 Å². The quantitative estimate of drug-likeness (QED) is 0.659. The van der Waals surface area contributed by atoms with Crippen molar-refractivity contribution in [3.8, 4) is 0 Å². The van der Waals surface area contributed by atoms with Crippen LogP contribution < -0.4 is 15.8 Å². The van der Waals surface area contributed by atoms with Gasteiger partial charge in [-0.05, 0) is 42.7 Å². The monoisotopic (exact) mass is 362 g/mol. The standard InChI is InChI=1S/C17H22N4O3S/c1-2-9-19-16-12-14(8-11-20-16)17(22)21-10-7-13-3-5-15(6-4-13)25(18,23)24/h3-6,8,11-12H,2,7,9-10H2,1H3,(H,19,20)(H,21,22)(H2,18,23,24). The number of rotatable bonds is 8. The van der Waals surface area contributed by atoms with Crippen molar-refractivity contribution < 1.29 is 13.2 Å². The molecule has 25 heavy (non-hydrogen) atoms. The molecule has 134 valence electrons. The van der Waals surface area contributed by atoms with Gasteiger partial charge in [0.1, 0.15) is 5.82 Å². The molecule has 8 heteroatoms. The van der Waals surface area contributed by atoms with Crippen LogP contribution in [0.1, 0.15) is 29.3 Å². The van der Waals surface area contributed by atoms with Gasteiger partial charge < -0.3 is 10.6 Å². The Morgan fingerprint density at radius 1 is 1.16 bits per heavy atom. The second-order valence-corrected chi connectivity index (χ2v) is 7.11. The van der Waals surface area contributed by atoms with Crippen LogP contribution in [0.2, 0.25) is 0 Å². The lowest BCUT2D eigenvalue weighted by Crippen LogP contribution is -2.25. The highest BCUT2D eigenvalue weighted by atomic mass is 32.2. The van der Waals surface area contributed by atoms with Crippen LogP contribution in [0.25, 0.3) is 0 Å². The number of nitrogens with one attached hydrogen (secondary N) is 2. The summed E-state index contributed by atoms with van der Waals surface area (Å²) in [5.74, 6) is 0.496. The van der Waals surface area contributed by atoms with E-state index in [-0.39, 0.29) is 10.8 Å². The summed E-state index contributed by atoms with van der Waals surface area (Å²) in [6.07, 6.45) is 3.16. The smallest absolute Gasteiger partial charge is 0.251 e. The third-order valence-corrected chi connectivity index (χ3v) is 4.46. The molecule has 2 aromatic rings. The van der Waals surface area contributed by atoms with Crippen molar-refractivity contribution in [1.82, 2.24) is 10.3 Å². The van der Waals surface area contributed by atoms with Crippen molar-refractivity contribution in [2.24, 2.45) is 5.14 Å². The third kappa shape index (κ3) is 5.84. The molecule has 0 spiro atoms. The third-order valence-electron chi connectivity index (χ3n) is 3.53. The van der Waals surface area contributed by atoms with Gasteiger partial charge in [0.25, 0.3) is 5.91 Å². The topological polar surface area (TPSA) is 114 Å². The Morgan fingerprint density at radius 3 is 2.52 bits per heavy atom. The fourth-order valence-electron chi connectivity index (χ4n) is 2.19. The first-order chi connectivity index (χ1) is 11.9. The van der Waals surface area contributed by atoms with Gasteiger partial charge in [0.05, 0.1) is 4.90 Å². The number of sulfonamides is 1. The number of hydrogen-bond donors (Lipinski definition) is 3. The summed E-state index contributed by atoms with van der Waals surface area (Å²) >= 11 is 0. The Hall–Kier alpha value is -2.45. The maximum atomic E-state index is 12.2. The molecule has 1 aromatic heterocycles. The van der Waals surface area contributed by atoms with Crippen LogP contribution in [0.15, 0.2) is 47.5 Å². The average molecular weight is 362 g/mol. The van der Waals surface area contributed by atoms with Gasteiger partial charge in [0.2, 0.25) is 10.0 Å². The van der Waals surface area contributed by atoms with Gasteiger partial charge in [0, 0.05) is 24.8 Å². The summed E-state index contributed by atoms with van der Waals surface area (Å²) in [7, 11) is -3.68. The highest BCUT2D eigenvalue weighted by molar-refractivity contribution is 7.89. The molecular weight excluding hydrogens is 340 g/mol. The van der Waals surface area contributed by atoms with Crippen molar-refractivity contribution >= 4 is 21.7 Å². The first kappa shape index (κ1) is 18.9. The molecular formula is C17H22N4O3S. The number of benzene rings is 1. The molecule has 0 aliphatic rings. The molecule has 7 nitrogen and oxygen atoms in total. The Kier molecular flexibility index (Phi) is 6.49. The lowest BCUT2D eigenvalue weighted by molar-refractivity contribution is 0.0954. The number of anilines is 1. The van der Waals surface area contributed by atoms with E-state index in [1.807, 2.05) is 0 Å². The fraction of sp³-hybridized carbons (Fsp3) is 0.294. The first-order valence-electron chi connectivity index (χ1n) is 8.00. The zero-order chi connectivity index (χ0) is 18.3. The van der Waals surface area contributed by atoms with Crippen LogP contribution in [0.5, 0.6) is 0 Å². The zero-order valence-corrected chi connectivity index (χ0v) is 14.8. The van der Waals surface area contributed by atoms with E-state index in [2.05, 4.69) is 22.5 Å².